The average Bonchev–Trinajstić information content (AvgIpc) is 4.00. The monoisotopic (exact) mass is 691 g/mol. The van der Waals surface area contributed by atoms with Crippen molar-refractivity contribution in [3.05, 3.63) is 83.6 Å². The number of rotatable bonds is 3. The Morgan fingerprint density at radius 2 is 1.60 bits per heavy atom. The lowest BCUT2D eigenvalue weighted by molar-refractivity contribution is -0.973. The third kappa shape index (κ3) is 4.23. The van der Waals surface area contributed by atoms with Crippen LogP contribution in [0.5, 0.6) is 0 Å². The molecule has 10 unspecified atom stereocenters. The van der Waals surface area contributed by atoms with Crippen LogP contribution in [0.1, 0.15) is 113 Å². The molecule has 2 aromatic heterocycles. The number of furan rings is 1. The normalized spacial score (nSPS) is 37.0. The van der Waals surface area contributed by atoms with Gasteiger partial charge in [0.2, 0.25) is 0 Å². The predicted octanol–water partition coefficient (Wildman–Crippen LogP) is 11.5. The lowest BCUT2D eigenvalue weighted by Crippen LogP contribution is -2.66. The molecule has 4 heterocycles. The van der Waals surface area contributed by atoms with Gasteiger partial charge in [-0.3, -0.25) is 0 Å². The number of fused-ring (bicyclic) bond motifs is 14. The van der Waals surface area contributed by atoms with E-state index >= 15 is 0 Å². The Morgan fingerprint density at radius 3 is 2.50 bits per heavy atom. The lowest BCUT2D eigenvalue weighted by atomic mass is 9.67. The van der Waals surface area contributed by atoms with Crippen molar-refractivity contribution in [3.63, 3.8) is 0 Å². The highest BCUT2D eigenvalue weighted by Gasteiger charge is 2.69. The largest absolute Gasteiger partial charge is 0.455 e. The molecule has 268 valence electrons. The van der Waals surface area contributed by atoms with E-state index in [2.05, 4.69) is 84.4 Å². The van der Waals surface area contributed by atoms with Gasteiger partial charge in [0.05, 0.1) is 30.8 Å². The van der Waals surface area contributed by atoms with Crippen LogP contribution in [0, 0.1) is 23.7 Å². The smallest absolute Gasteiger partial charge is 0.145 e. The van der Waals surface area contributed by atoms with Crippen LogP contribution < -0.4 is 0 Å². The minimum atomic E-state index is 0.520. The zero-order valence-corrected chi connectivity index (χ0v) is 31.0. The van der Waals surface area contributed by atoms with Crippen molar-refractivity contribution >= 4 is 38.9 Å². The summed E-state index contributed by atoms with van der Waals surface area (Å²) in [6.07, 6.45) is 26.2. The zero-order valence-electron chi connectivity index (χ0n) is 31.0. The van der Waals surface area contributed by atoms with Crippen molar-refractivity contribution in [2.24, 2.45) is 23.7 Å². The van der Waals surface area contributed by atoms with Crippen molar-refractivity contribution in [2.45, 2.75) is 133 Å². The first-order valence-electron chi connectivity index (χ1n) is 21.4. The van der Waals surface area contributed by atoms with E-state index in [1.807, 2.05) is 0 Å². The van der Waals surface area contributed by atoms with Gasteiger partial charge in [-0.15, -0.1) is 0 Å². The summed E-state index contributed by atoms with van der Waals surface area (Å²) in [6.45, 7) is 0. The molecule has 5 aromatic rings. The van der Waals surface area contributed by atoms with E-state index in [1.54, 1.807) is 5.56 Å². The molecule has 4 nitrogen and oxygen atoms in total. The summed E-state index contributed by atoms with van der Waals surface area (Å²) in [5.74, 6) is 3.99. The molecule has 2 saturated heterocycles. The van der Waals surface area contributed by atoms with E-state index in [0.29, 0.717) is 18.1 Å². The summed E-state index contributed by atoms with van der Waals surface area (Å²) in [7, 11) is 2.77. The molecule has 0 radical (unpaired) electrons. The first-order valence-corrected chi connectivity index (χ1v) is 21.4. The van der Waals surface area contributed by atoms with Gasteiger partial charge in [-0.25, -0.2) is 0 Å². The summed E-state index contributed by atoms with van der Waals surface area (Å²) in [6, 6.07) is 25.2. The Labute approximate surface area is 308 Å². The average molecular weight is 692 g/mol. The molecule has 4 saturated carbocycles. The van der Waals surface area contributed by atoms with Crippen LogP contribution in [-0.4, -0.2) is 46.4 Å². The quantitative estimate of drug-likeness (QED) is 0.176. The van der Waals surface area contributed by atoms with Gasteiger partial charge < -0.3 is 18.2 Å². The molecule has 2 aliphatic heterocycles. The van der Waals surface area contributed by atoms with Crippen LogP contribution >= 0.6 is 0 Å². The molecule has 5 aliphatic carbocycles. The van der Waals surface area contributed by atoms with E-state index in [-0.39, 0.29) is 0 Å². The Balaban J connectivity index is 0.924. The van der Waals surface area contributed by atoms with Crippen LogP contribution in [0.15, 0.2) is 71.2 Å². The minimum absolute atomic E-state index is 0.520. The van der Waals surface area contributed by atoms with Gasteiger partial charge in [-0.1, -0.05) is 49.6 Å². The van der Waals surface area contributed by atoms with Crippen LogP contribution in [0.25, 0.3) is 44.6 Å². The number of quaternary nitrogens is 1. The highest BCUT2D eigenvalue weighted by molar-refractivity contribution is 6.16. The van der Waals surface area contributed by atoms with Gasteiger partial charge >= 0.3 is 0 Å². The van der Waals surface area contributed by atoms with Crippen LogP contribution in [-0.2, 0) is 11.2 Å². The Kier molecular flexibility index (Phi) is 6.92. The van der Waals surface area contributed by atoms with E-state index in [4.69, 9.17) is 9.15 Å². The summed E-state index contributed by atoms with van der Waals surface area (Å²) < 4.78 is 18.0. The molecule has 0 N–H and O–H groups in total. The maximum atomic E-state index is 7.29. The summed E-state index contributed by atoms with van der Waals surface area (Å²) >= 11 is 0. The molecule has 0 spiro atoms. The molecule has 12 rings (SSSR count). The molecule has 4 heteroatoms. The summed E-state index contributed by atoms with van der Waals surface area (Å²) in [4.78, 5) is 0. The number of hydrogen-bond acceptors (Lipinski definition) is 2. The topological polar surface area (TPSA) is 27.3 Å². The van der Waals surface area contributed by atoms with Gasteiger partial charge in [0, 0.05) is 45.8 Å². The van der Waals surface area contributed by atoms with Crippen molar-refractivity contribution in [3.8, 4) is 5.69 Å². The fourth-order valence-electron chi connectivity index (χ4n) is 14.5. The summed E-state index contributed by atoms with van der Waals surface area (Å²) in [5, 5.41) is 3.90. The number of benzene rings is 3. The van der Waals surface area contributed by atoms with Gasteiger partial charge in [-0.2, -0.15) is 0 Å². The van der Waals surface area contributed by atoms with Crippen molar-refractivity contribution < 1.29 is 13.6 Å². The molecule has 6 fully saturated rings. The molecule has 52 heavy (non-hydrogen) atoms. The fourth-order valence-corrected chi connectivity index (χ4v) is 14.5. The van der Waals surface area contributed by atoms with Crippen LogP contribution in [0.4, 0.5) is 0 Å². The number of ether oxygens (including phenoxy) is 1. The molecule has 0 amide bonds. The van der Waals surface area contributed by atoms with Crippen LogP contribution in [0.3, 0.4) is 0 Å². The number of likely N-dealkylation sites (N-methyl/N-ethyl adjacent to an activating group) is 1. The van der Waals surface area contributed by atoms with E-state index in [1.165, 1.54) is 127 Å². The predicted molar refractivity (Wildman–Crippen MR) is 211 cm³/mol. The van der Waals surface area contributed by atoms with Gasteiger partial charge in [0.1, 0.15) is 23.3 Å². The first kappa shape index (κ1) is 31.1. The van der Waals surface area contributed by atoms with E-state index in [0.717, 1.165) is 65.8 Å². The Morgan fingerprint density at radius 1 is 0.750 bits per heavy atom. The lowest BCUT2D eigenvalue weighted by Gasteiger charge is -2.52. The number of aryl methyl sites for hydroxylation is 1. The van der Waals surface area contributed by atoms with E-state index in [9.17, 15) is 0 Å². The van der Waals surface area contributed by atoms with Gasteiger partial charge in [0.15, 0.2) is 0 Å². The number of allylic oxidation sites excluding steroid dienone is 1. The zero-order chi connectivity index (χ0) is 34.1. The minimum Gasteiger partial charge on any atom is -0.455 e. The highest BCUT2D eigenvalue weighted by atomic mass is 16.5. The third-order valence-electron chi connectivity index (χ3n) is 16.6. The SMILES string of the molecule is C[N+]1(C2CCCCC2)C2CC(c3ccc4oc5c(ccc6c5c5c(n6-c6ccccc6)C=CCC5)c4c3)CC2C2CCC3C4CCCCC4OC3C21. The third-order valence-corrected chi connectivity index (χ3v) is 16.6. The maximum absolute atomic E-state index is 7.29. The van der Waals surface area contributed by atoms with E-state index < -0.39 is 0 Å². The number of nitrogens with zero attached hydrogens (tertiary/aromatic N) is 2. The first-order chi connectivity index (χ1) is 25.7. The second-order valence-electron chi connectivity index (χ2n) is 18.6. The van der Waals surface area contributed by atoms with Crippen molar-refractivity contribution in [2.75, 3.05) is 7.05 Å². The highest BCUT2D eigenvalue weighted by Crippen LogP contribution is 2.63. The molecule has 0 bridgehead atoms. The number of likely N-dealkylation sites (tertiary alicyclic amines) is 1. The van der Waals surface area contributed by atoms with Gasteiger partial charge in [-0.05, 0) is 142 Å². The second kappa shape index (κ2) is 11.6. The molecular formula is C48H55N2O2+. The number of aromatic nitrogens is 1. The molecular weight excluding hydrogens is 637 g/mol. The van der Waals surface area contributed by atoms with Crippen LogP contribution in [0.2, 0.25) is 0 Å². The van der Waals surface area contributed by atoms with Crippen molar-refractivity contribution in [1.82, 2.24) is 4.57 Å². The molecule has 10 atom stereocenters. The number of hydrogen-bond donors (Lipinski definition) is 0. The standard InChI is InChI=1S/C48H55N2O2/c1-50(32-14-6-3-7-15-32)42-28-30(27-38(42)34-21-22-35-33-16-9-11-19-43(33)52-48(35)46(34)50)29-20-25-44-39(26-29)36-23-24-41-45(47(36)51-44)37-17-8-10-18-40(37)49(41)31-12-4-2-5-13-31/h2,4-5,10,12-13,18,20,23-26,30,32-35,38,42-43,46,48H,3,6-9,11,14-17,19,21-22,27-28H2,1H3/q+1. The Bertz CT molecular complexity index is 2220. The van der Waals surface area contributed by atoms with Crippen molar-refractivity contribution in [1.29, 1.82) is 0 Å². The molecule has 7 aliphatic rings. The van der Waals surface area contributed by atoms with Gasteiger partial charge in [0.25, 0.3) is 0 Å². The fraction of sp³-hybridized carbons (Fsp3) is 0.542. The molecule has 3 aromatic carbocycles. The summed E-state index contributed by atoms with van der Waals surface area (Å²) in [5.41, 5.74) is 8.89. The Hall–Kier alpha value is -3.34. The number of para-hydroxylation sites is 1. The second-order valence-corrected chi connectivity index (χ2v) is 18.6. The maximum Gasteiger partial charge on any atom is 0.145 e.